The van der Waals surface area contributed by atoms with Crippen molar-refractivity contribution in [3.63, 3.8) is 0 Å². The number of aliphatic hydroxyl groups is 3. The van der Waals surface area contributed by atoms with Crippen LogP contribution in [0.1, 0.15) is 26.7 Å². The molecular formula is C11H25NO5. The molecule has 0 spiro atoms. The molecule has 6 heteroatoms. The van der Waals surface area contributed by atoms with E-state index in [1.807, 2.05) is 0 Å². The van der Waals surface area contributed by atoms with Crippen molar-refractivity contribution in [1.29, 1.82) is 0 Å². The zero-order chi connectivity index (χ0) is 13.7. The summed E-state index contributed by atoms with van der Waals surface area (Å²) >= 11 is 0. The molecule has 0 aromatic heterocycles. The van der Waals surface area contributed by atoms with E-state index >= 15 is 0 Å². The first-order valence-electron chi connectivity index (χ1n) is 5.84. The zero-order valence-corrected chi connectivity index (χ0v) is 10.7. The lowest BCUT2D eigenvalue weighted by molar-refractivity contribution is -0.145. The number of unbranched alkanes of at least 4 members (excludes halogenated alkanes) is 1. The van der Waals surface area contributed by atoms with Gasteiger partial charge in [-0.3, -0.25) is 4.90 Å². The molecule has 0 radical (unpaired) electrons. The topological polar surface area (TPSA) is 101 Å². The van der Waals surface area contributed by atoms with Crippen molar-refractivity contribution in [2.45, 2.75) is 32.8 Å². The van der Waals surface area contributed by atoms with Gasteiger partial charge in [0.1, 0.15) is 6.10 Å². The van der Waals surface area contributed by atoms with Crippen LogP contribution in [0.25, 0.3) is 0 Å². The van der Waals surface area contributed by atoms with Crippen molar-refractivity contribution in [2.24, 2.45) is 0 Å². The van der Waals surface area contributed by atoms with Gasteiger partial charge in [-0.05, 0) is 19.9 Å². The van der Waals surface area contributed by atoms with E-state index in [1.54, 1.807) is 0 Å². The van der Waals surface area contributed by atoms with Crippen LogP contribution < -0.4 is 0 Å². The summed E-state index contributed by atoms with van der Waals surface area (Å²) in [5.74, 6) is -1.19. The van der Waals surface area contributed by atoms with E-state index in [9.17, 15) is 4.79 Å². The monoisotopic (exact) mass is 251 g/mol. The molecule has 0 fully saturated rings. The molecule has 4 N–H and O–H groups in total. The molecule has 0 rings (SSSR count). The third-order valence-corrected chi connectivity index (χ3v) is 2.02. The number of aliphatic hydroxyl groups excluding tert-OH is 3. The Bertz CT molecular complexity index is 169. The summed E-state index contributed by atoms with van der Waals surface area (Å²) in [6.45, 7) is 6.05. The number of carboxylic acid groups (broad SMARTS) is 1. The number of aliphatic carboxylic acids is 1. The second-order valence-corrected chi connectivity index (χ2v) is 3.66. The van der Waals surface area contributed by atoms with E-state index in [0.29, 0.717) is 13.1 Å². The molecule has 1 atom stereocenters. The van der Waals surface area contributed by atoms with Gasteiger partial charge in [0, 0.05) is 13.1 Å². The maximum Gasteiger partial charge on any atom is 0.332 e. The molecule has 0 heterocycles. The fourth-order valence-electron chi connectivity index (χ4n) is 1.000. The van der Waals surface area contributed by atoms with Crippen LogP contribution in [0.4, 0.5) is 0 Å². The van der Waals surface area contributed by atoms with E-state index in [1.165, 1.54) is 6.92 Å². The standard InChI is InChI=1S/C8H19NO2.C3H6O3/c1-2-3-4-9(5-7-10)6-8-11;1-2(4)3(5)6/h10-11H,2-8H2,1H3;2,4H,1H3,(H,5,6). The lowest BCUT2D eigenvalue weighted by Gasteiger charge is -2.19. The molecule has 0 bridgehead atoms. The lowest BCUT2D eigenvalue weighted by Crippen LogP contribution is -2.30. The minimum absolute atomic E-state index is 0.184. The summed E-state index contributed by atoms with van der Waals surface area (Å²) in [5.41, 5.74) is 0. The summed E-state index contributed by atoms with van der Waals surface area (Å²) < 4.78 is 0. The number of hydrogen-bond donors (Lipinski definition) is 4. The second-order valence-electron chi connectivity index (χ2n) is 3.66. The highest BCUT2D eigenvalue weighted by Crippen LogP contribution is 1.93. The fraction of sp³-hybridized carbons (Fsp3) is 0.909. The largest absolute Gasteiger partial charge is 0.479 e. The van der Waals surface area contributed by atoms with Crippen LogP contribution in [0.5, 0.6) is 0 Å². The summed E-state index contributed by atoms with van der Waals surface area (Å²) in [6, 6.07) is 0. The van der Waals surface area contributed by atoms with Crippen LogP contribution in [-0.4, -0.2) is 70.2 Å². The van der Waals surface area contributed by atoms with E-state index < -0.39 is 12.1 Å². The van der Waals surface area contributed by atoms with E-state index in [4.69, 9.17) is 20.4 Å². The van der Waals surface area contributed by atoms with Crippen molar-refractivity contribution >= 4 is 5.97 Å². The predicted octanol–water partition coefficient (Wildman–Crippen LogP) is -0.475. The van der Waals surface area contributed by atoms with Crippen LogP contribution in [0.2, 0.25) is 0 Å². The molecule has 104 valence electrons. The van der Waals surface area contributed by atoms with Gasteiger partial charge in [-0.25, -0.2) is 4.79 Å². The van der Waals surface area contributed by atoms with Gasteiger partial charge in [-0.15, -0.1) is 0 Å². The molecule has 0 saturated carbocycles. The van der Waals surface area contributed by atoms with Crippen LogP contribution in [0.15, 0.2) is 0 Å². The molecule has 0 aromatic rings. The van der Waals surface area contributed by atoms with Crippen LogP contribution in [0.3, 0.4) is 0 Å². The molecule has 0 aromatic carbocycles. The molecule has 0 aliphatic carbocycles. The molecule has 6 nitrogen and oxygen atoms in total. The Morgan fingerprint density at radius 1 is 1.18 bits per heavy atom. The summed E-state index contributed by atoms with van der Waals surface area (Å²) in [6.07, 6.45) is 1.07. The quantitative estimate of drug-likeness (QED) is 0.465. The predicted molar refractivity (Wildman–Crippen MR) is 64.8 cm³/mol. The highest BCUT2D eigenvalue weighted by Gasteiger charge is 2.01. The number of carboxylic acids is 1. The Labute approximate surface area is 102 Å². The first kappa shape index (κ1) is 18.7. The minimum Gasteiger partial charge on any atom is -0.479 e. The van der Waals surface area contributed by atoms with Crippen molar-refractivity contribution in [1.82, 2.24) is 4.90 Å². The Hall–Kier alpha value is -0.690. The van der Waals surface area contributed by atoms with Gasteiger partial charge in [0.15, 0.2) is 0 Å². The first-order chi connectivity index (χ1) is 7.99. The first-order valence-corrected chi connectivity index (χ1v) is 5.84. The smallest absolute Gasteiger partial charge is 0.332 e. The van der Waals surface area contributed by atoms with Gasteiger partial charge < -0.3 is 20.4 Å². The van der Waals surface area contributed by atoms with Crippen molar-refractivity contribution in [2.75, 3.05) is 32.8 Å². The second kappa shape index (κ2) is 13.4. The van der Waals surface area contributed by atoms with Crippen LogP contribution in [-0.2, 0) is 4.79 Å². The van der Waals surface area contributed by atoms with E-state index in [-0.39, 0.29) is 13.2 Å². The molecule has 0 amide bonds. The third-order valence-electron chi connectivity index (χ3n) is 2.02. The SMILES string of the molecule is CC(O)C(=O)O.CCCCN(CCO)CCO. The third kappa shape index (κ3) is 15.3. The Morgan fingerprint density at radius 2 is 1.59 bits per heavy atom. The van der Waals surface area contributed by atoms with Gasteiger partial charge in [-0.2, -0.15) is 0 Å². The molecule has 1 unspecified atom stereocenters. The number of rotatable bonds is 8. The van der Waals surface area contributed by atoms with Gasteiger partial charge in [-0.1, -0.05) is 13.3 Å². The molecule has 0 aliphatic rings. The number of carbonyl (C=O) groups is 1. The summed E-state index contributed by atoms with van der Waals surface area (Å²) in [5, 5.41) is 33.0. The Balaban J connectivity index is 0. The molecular weight excluding hydrogens is 226 g/mol. The van der Waals surface area contributed by atoms with Crippen molar-refractivity contribution in [3.05, 3.63) is 0 Å². The molecule has 0 aliphatic heterocycles. The Morgan fingerprint density at radius 3 is 1.82 bits per heavy atom. The normalized spacial score (nSPS) is 11.9. The minimum atomic E-state index is -1.23. The highest BCUT2D eigenvalue weighted by molar-refractivity contribution is 5.71. The van der Waals surface area contributed by atoms with Gasteiger partial charge >= 0.3 is 5.97 Å². The zero-order valence-electron chi connectivity index (χ0n) is 10.7. The van der Waals surface area contributed by atoms with Gasteiger partial charge in [0.2, 0.25) is 0 Å². The van der Waals surface area contributed by atoms with Crippen molar-refractivity contribution < 1.29 is 25.2 Å². The highest BCUT2D eigenvalue weighted by atomic mass is 16.4. The van der Waals surface area contributed by atoms with Gasteiger partial charge in [0.05, 0.1) is 13.2 Å². The number of nitrogens with zero attached hydrogens (tertiary/aromatic N) is 1. The average Bonchev–Trinajstić information content (AvgIpc) is 2.27. The van der Waals surface area contributed by atoms with E-state index in [0.717, 1.165) is 19.4 Å². The van der Waals surface area contributed by atoms with Crippen molar-refractivity contribution in [3.8, 4) is 0 Å². The van der Waals surface area contributed by atoms with Crippen LogP contribution >= 0.6 is 0 Å². The summed E-state index contributed by atoms with van der Waals surface area (Å²) in [4.78, 5) is 11.5. The molecule has 17 heavy (non-hydrogen) atoms. The average molecular weight is 251 g/mol. The van der Waals surface area contributed by atoms with E-state index in [2.05, 4.69) is 11.8 Å². The lowest BCUT2D eigenvalue weighted by atomic mass is 10.3. The molecule has 0 saturated heterocycles. The maximum atomic E-state index is 9.45. The fourth-order valence-corrected chi connectivity index (χ4v) is 1.000. The summed E-state index contributed by atoms with van der Waals surface area (Å²) in [7, 11) is 0. The van der Waals surface area contributed by atoms with Crippen LogP contribution in [0, 0.1) is 0 Å². The van der Waals surface area contributed by atoms with Gasteiger partial charge in [0.25, 0.3) is 0 Å². The maximum absolute atomic E-state index is 9.45. The number of hydrogen-bond acceptors (Lipinski definition) is 5. The Kier molecular flexibility index (Phi) is 14.7.